The summed E-state index contributed by atoms with van der Waals surface area (Å²) in [6, 6.07) is 0. The number of rotatable bonds is 19. The molecule has 0 aromatic heterocycles. The van der Waals surface area contributed by atoms with Gasteiger partial charge in [-0.25, -0.2) is 0 Å². The Morgan fingerprint density at radius 2 is 0.886 bits per heavy atom. The second kappa shape index (κ2) is 25.1. The van der Waals surface area contributed by atoms with Crippen molar-refractivity contribution in [3.8, 4) is 0 Å². The first-order valence-electron chi connectivity index (χ1n) is 14.9. The summed E-state index contributed by atoms with van der Waals surface area (Å²) in [5.41, 5.74) is 0.245. The summed E-state index contributed by atoms with van der Waals surface area (Å²) in [7, 11) is 0. The zero-order chi connectivity index (χ0) is 32.1. The predicted octanol–water partition coefficient (Wildman–Crippen LogP) is -0.936. The third-order valence-corrected chi connectivity index (χ3v) is 6.68. The molecule has 1 amide bonds. The van der Waals surface area contributed by atoms with Crippen molar-refractivity contribution < 1.29 is 88.6 Å². The zero-order valence-electron chi connectivity index (χ0n) is 26.5. The fraction of sp³-hybridized carbons (Fsp3) is 0.857. The number of hydrogen-bond donors (Lipinski definition) is 4. The van der Waals surface area contributed by atoms with Gasteiger partial charge in [-0.05, 0) is 11.8 Å². The molecule has 0 aromatic carbocycles. The van der Waals surface area contributed by atoms with Gasteiger partial charge in [0, 0.05) is 105 Å². The van der Waals surface area contributed by atoms with Gasteiger partial charge in [-0.3, -0.25) is 38.8 Å². The van der Waals surface area contributed by atoms with E-state index in [4.69, 9.17) is 14.2 Å². The van der Waals surface area contributed by atoms with Crippen molar-refractivity contribution in [1.29, 1.82) is 0 Å². The number of nitrogens with zero attached hydrogens (tertiary/aromatic N) is 4. The molecule has 1 heterocycles. The Morgan fingerprint density at radius 1 is 0.568 bits per heavy atom. The fourth-order valence-electron chi connectivity index (χ4n) is 4.23. The summed E-state index contributed by atoms with van der Waals surface area (Å²) in [5.74, 6) is -3.22. The quantitative estimate of drug-likeness (QED) is 0.118. The first-order chi connectivity index (χ1) is 20.3. The van der Waals surface area contributed by atoms with Gasteiger partial charge in [-0.1, -0.05) is 20.8 Å². The molecule has 0 radical (unpaired) electrons. The second-order valence-corrected chi connectivity index (χ2v) is 11.8. The molecule has 0 aliphatic carbocycles. The van der Waals surface area contributed by atoms with Crippen LogP contribution in [0.15, 0.2) is 0 Å². The maximum Gasteiger partial charge on any atom is 0.317 e. The Morgan fingerprint density at radius 3 is 1.23 bits per heavy atom. The van der Waals surface area contributed by atoms with Crippen LogP contribution in [0.5, 0.6) is 0 Å². The molecule has 0 bridgehead atoms. The Kier molecular flexibility index (Phi) is 24.5. The number of carboxylic acids is 3. The van der Waals surface area contributed by atoms with Crippen LogP contribution >= 0.6 is 0 Å². The molecule has 15 nitrogen and oxygen atoms in total. The van der Waals surface area contributed by atoms with Crippen LogP contribution in [-0.4, -0.2) is 183 Å². The molecule has 0 saturated carbocycles. The van der Waals surface area contributed by atoms with Crippen molar-refractivity contribution in [1.82, 2.24) is 24.9 Å². The molecule has 16 heteroatoms. The normalized spacial score (nSPS) is 16.8. The summed E-state index contributed by atoms with van der Waals surface area (Å²) in [6.45, 7) is 11.9. The molecule has 1 rings (SSSR count). The van der Waals surface area contributed by atoms with E-state index in [-0.39, 0.29) is 77.4 Å². The average molecular weight is 777 g/mol. The van der Waals surface area contributed by atoms with Gasteiger partial charge in [0.1, 0.15) is 0 Å². The van der Waals surface area contributed by atoms with Crippen LogP contribution < -0.4 is 5.32 Å². The minimum atomic E-state index is -1.01. The fourth-order valence-corrected chi connectivity index (χ4v) is 4.23. The number of carbonyl (C=O) groups is 4. The van der Waals surface area contributed by atoms with E-state index in [9.17, 15) is 34.5 Å². The maximum atomic E-state index is 12.6. The van der Waals surface area contributed by atoms with Gasteiger partial charge in [-0.2, -0.15) is 0 Å². The van der Waals surface area contributed by atoms with Gasteiger partial charge in [0.25, 0.3) is 0 Å². The van der Waals surface area contributed by atoms with E-state index in [0.717, 1.165) is 6.42 Å². The number of nitrogens with one attached hydrogen (secondary N) is 1. The van der Waals surface area contributed by atoms with Crippen LogP contribution in [0, 0.1) is 45.4 Å². The molecule has 1 aliphatic heterocycles. The minimum Gasteiger partial charge on any atom is -0.480 e. The first kappa shape index (κ1) is 42.9. The standard InChI is InChI=1S/C28H53N5O10.Gd/c1-28(2,3)4-14-41-16-18-43-19-17-42-15-5-29-24(34)20-30-6-8-31(21-25(35)36)10-12-33(23-27(39)40)13-11-32(9-7-30)22-26(37)38;/h4-23H2,1-3H3,(H,29,34)(H,35,36)(H,37,38)(H,39,40);. The summed E-state index contributed by atoms with van der Waals surface area (Å²) < 4.78 is 16.5. The van der Waals surface area contributed by atoms with E-state index in [0.29, 0.717) is 98.5 Å². The van der Waals surface area contributed by atoms with Gasteiger partial charge in [0.15, 0.2) is 0 Å². The van der Waals surface area contributed by atoms with Crippen molar-refractivity contribution in [3.63, 3.8) is 0 Å². The van der Waals surface area contributed by atoms with Crippen molar-refractivity contribution >= 4 is 23.8 Å². The first-order valence-corrected chi connectivity index (χ1v) is 14.9. The van der Waals surface area contributed by atoms with Gasteiger partial charge in [-0.15, -0.1) is 0 Å². The Bertz CT molecular complexity index is 801. The number of carbonyl (C=O) groups excluding carboxylic acids is 1. The maximum absolute atomic E-state index is 12.6. The van der Waals surface area contributed by atoms with Gasteiger partial charge < -0.3 is 34.8 Å². The Labute approximate surface area is 293 Å². The molecule has 4 N–H and O–H groups in total. The van der Waals surface area contributed by atoms with E-state index in [1.165, 1.54) is 0 Å². The SMILES string of the molecule is CC(C)(C)CCOCCOCCOCCNC(=O)CN1CCN(CC(=O)O)CCN(CC(=O)O)CCN(CC(=O)O)CC1.[Gd]. The third-order valence-electron chi connectivity index (χ3n) is 6.68. The zero-order valence-corrected chi connectivity index (χ0v) is 28.8. The third kappa shape index (κ3) is 25.2. The van der Waals surface area contributed by atoms with E-state index < -0.39 is 17.9 Å². The number of amides is 1. The van der Waals surface area contributed by atoms with E-state index in [1.54, 1.807) is 14.7 Å². The van der Waals surface area contributed by atoms with Gasteiger partial charge >= 0.3 is 17.9 Å². The van der Waals surface area contributed by atoms with Crippen LogP contribution in [0.1, 0.15) is 27.2 Å². The molecule has 1 saturated heterocycles. The topological polar surface area (TPSA) is 182 Å². The number of ether oxygens (including phenoxy) is 3. The minimum absolute atomic E-state index is 0. The summed E-state index contributed by atoms with van der Waals surface area (Å²) in [6.07, 6.45) is 0.987. The molecule has 0 atom stereocenters. The Hall–Kier alpha value is -1.08. The molecule has 44 heavy (non-hydrogen) atoms. The average Bonchev–Trinajstić information content (AvgIpc) is 2.89. The van der Waals surface area contributed by atoms with Crippen LogP contribution in [0.25, 0.3) is 0 Å². The number of carboxylic acid groups (broad SMARTS) is 3. The largest absolute Gasteiger partial charge is 0.480 e. The van der Waals surface area contributed by atoms with E-state index in [1.807, 2.05) is 4.90 Å². The molecule has 0 aromatic rings. The summed E-state index contributed by atoms with van der Waals surface area (Å²) in [5, 5.41) is 30.7. The molecule has 1 fully saturated rings. The number of hydrogen-bond acceptors (Lipinski definition) is 11. The van der Waals surface area contributed by atoms with Gasteiger partial charge in [0.05, 0.1) is 59.2 Å². The van der Waals surface area contributed by atoms with E-state index >= 15 is 0 Å². The van der Waals surface area contributed by atoms with Crippen LogP contribution in [0.4, 0.5) is 0 Å². The predicted molar refractivity (Wildman–Crippen MR) is 158 cm³/mol. The van der Waals surface area contributed by atoms with Crippen molar-refractivity contribution in [2.45, 2.75) is 27.2 Å². The molecular weight excluding hydrogens is 724 g/mol. The Balaban J connectivity index is 0.0000185. The van der Waals surface area contributed by atoms with E-state index in [2.05, 4.69) is 26.1 Å². The van der Waals surface area contributed by atoms with Crippen LogP contribution in [0.3, 0.4) is 0 Å². The molecule has 0 unspecified atom stereocenters. The second-order valence-electron chi connectivity index (χ2n) is 11.8. The molecule has 0 spiro atoms. The smallest absolute Gasteiger partial charge is 0.317 e. The molecular formula is C28H53GdN5O10. The monoisotopic (exact) mass is 777 g/mol. The van der Waals surface area contributed by atoms with Crippen molar-refractivity contribution in [2.24, 2.45) is 5.41 Å². The number of aliphatic carboxylic acids is 3. The molecule has 258 valence electrons. The van der Waals surface area contributed by atoms with Gasteiger partial charge in [0.2, 0.25) is 5.91 Å². The van der Waals surface area contributed by atoms with Crippen molar-refractivity contribution in [3.05, 3.63) is 0 Å². The van der Waals surface area contributed by atoms with Crippen LogP contribution in [0.2, 0.25) is 0 Å². The van der Waals surface area contributed by atoms with Crippen LogP contribution in [-0.2, 0) is 33.4 Å². The summed E-state index contributed by atoms with van der Waals surface area (Å²) in [4.78, 5) is 53.7. The molecule has 1 aliphatic rings. The van der Waals surface area contributed by atoms with Crippen molar-refractivity contribution in [2.75, 3.05) is 125 Å². The summed E-state index contributed by atoms with van der Waals surface area (Å²) >= 11 is 0.